The van der Waals surface area contributed by atoms with Gasteiger partial charge in [-0.1, -0.05) is 30.3 Å². The average molecular weight is 348 g/mol. The topological polar surface area (TPSA) is 79.8 Å². The fraction of sp³-hybridized carbons (Fsp3) is 0.632. The minimum Gasteiger partial charge on any atom is -0.389 e. The number of ether oxygens (including phenoxy) is 2. The van der Waals surface area contributed by atoms with E-state index in [1.54, 1.807) is 0 Å². The number of aliphatic hydroxyl groups excluding tert-OH is 1. The van der Waals surface area contributed by atoms with E-state index in [1.807, 2.05) is 18.2 Å². The van der Waals surface area contributed by atoms with Gasteiger partial charge in [0.05, 0.1) is 37.9 Å². The molecule has 0 aliphatic carbocycles. The molecule has 6 nitrogen and oxygen atoms in total. The van der Waals surface area contributed by atoms with Crippen molar-refractivity contribution in [2.75, 3.05) is 26.3 Å². The molecular formula is C19H28N2O4. The zero-order valence-electron chi connectivity index (χ0n) is 14.5. The summed E-state index contributed by atoms with van der Waals surface area (Å²) in [7, 11) is 0. The molecule has 2 saturated heterocycles. The molecule has 2 aliphatic heterocycles. The van der Waals surface area contributed by atoms with Gasteiger partial charge in [0, 0.05) is 19.1 Å². The van der Waals surface area contributed by atoms with Crippen molar-refractivity contribution in [2.45, 2.75) is 50.0 Å². The van der Waals surface area contributed by atoms with Crippen molar-refractivity contribution in [1.29, 1.82) is 0 Å². The van der Waals surface area contributed by atoms with Crippen LogP contribution >= 0.6 is 0 Å². The van der Waals surface area contributed by atoms with Gasteiger partial charge in [-0.2, -0.15) is 0 Å². The van der Waals surface area contributed by atoms with Gasteiger partial charge in [0.2, 0.25) is 5.91 Å². The van der Waals surface area contributed by atoms with Gasteiger partial charge in [-0.3, -0.25) is 4.79 Å². The van der Waals surface area contributed by atoms with E-state index in [9.17, 15) is 9.90 Å². The zero-order valence-corrected chi connectivity index (χ0v) is 14.5. The van der Waals surface area contributed by atoms with E-state index >= 15 is 0 Å². The molecule has 138 valence electrons. The van der Waals surface area contributed by atoms with Gasteiger partial charge in [-0.25, -0.2) is 0 Å². The number of rotatable bonds is 5. The Morgan fingerprint density at radius 1 is 1.24 bits per heavy atom. The Morgan fingerprint density at radius 3 is 2.92 bits per heavy atom. The largest absolute Gasteiger partial charge is 0.389 e. The summed E-state index contributed by atoms with van der Waals surface area (Å²) >= 11 is 0. The third-order valence-electron chi connectivity index (χ3n) is 4.82. The summed E-state index contributed by atoms with van der Waals surface area (Å²) < 4.78 is 11.6. The highest BCUT2D eigenvalue weighted by Gasteiger charge is 2.33. The Labute approximate surface area is 148 Å². The highest BCUT2D eigenvalue weighted by atomic mass is 16.5. The van der Waals surface area contributed by atoms with Crippen molar-refractivity contribution in [2.24, 2.45) is 0 Å². The highest BCUT2D eigenvalue weighted by molar-refractivity contribution is 5.76. The number of aliphatic hydroxyl groups is 1. The molecule has 4 atom stereocenters. The number of hydrogen-bond acceptors (Lipinski definition) is 5. The molecule has 0 radical (unpaired) electrons. The minimum absolute atomic E-state index is 0.0366. The molecule has 0 spiro atoms. The molecule has 25 heavy (non-hydrogen) atoms. The lowest BCUT2D eigenvalue weighted by atomic mass is 9.96. The number of nitrogens with one attached hydrogen (secondary N) is 2. The van der Waals surface area contributed by atoms with E-state index < -0.39 is 6.10 Å². The number of carbonyl (C=O) groups is 1. The number of amides is 1. The summed E-state index contributed by atoms with van der Waals surface area (Å²) in [4.78, 5) is 12.2. The highest BCUT2D eigenvalue weighted by Crippen LogP contribution is 2.23. The first kappa shape index (κ1) is 18.3. The van der Waals surface area contributed by atoms with Crippen molar-refractivity contribution in [1.82, 2.24) is 10.6 Å². The molecule has 3 N–H and O–H groups in total. The lowest BCUT2D eigenvalue weighted by molar-refractivity contribution is -0.137. The predicted molar refractivity (Wildman–Crippen MR) is 94.3 cm³/mol. The van der Waals surface area contributed by atoms with Gasteiger partial charge in [0.15, 0.2) is 0 Å². The fourth-order valence-corrected chi connectivity index (χ4v) is 3.44. The minimum atomic E-state index is -0.464. The molecular weight excluding hydrogens is 320 g/mol. The first-order valence-corrected chi connectivity index (χ1v) is 9.16. The maximum Gasteiger partial charge on any atom is 0.222 e. The Bertz CT molecular complexity index is 539. The number of β-amino-alcohol motifs (C(OH)–C–C–N with tert-alkyl or cyclic N) is 1. The van der Waals surface area contributed by atoms with E-state index in [1.165, 1.54) is 5.56 Å². The second kappa shape index (κ2) is 9.29. The van der Waals surface area contributed by atoms with Gasteiger partial charge < -0.3 is 25.2 Å². The lowest BCUT2D eigenvalue weighted by Crippen LogP contribution is -2.53. The smallest absolute Gasteiger partial charge is 0.222 e. The molecule has 6 heteroatoms. The standard InChI is InChI=1S/C19H28N2O4/c22-15-11-21-17-7-6-16(25-18(17)13-24-12-15)10-19(23)20-9-8-14-4-2-1-3-5-14/h1-5,15-18,21-22H,6-13H2,(H,20,23)/t15-,16-,17-,18+/m1/s1. The first-order valence-electron chi connectivity index (χ1n) is 9.16. The molecule has 2 fully saturated rings. The van der Waals surface area contributed by atoms with E-state index in [0.717, 1.165) is 19.3 Å². The van der Waals surface area contributed by atoms with Crippen LogP contribution in [0, 0.1) is 0 Å². The molecule has 0 aromatic heterocycles. The molecule has 1 aromatic carbocycles. The van der Waals surface area contributed by atoms with E-state index in [4.69, 9.17) is 9.47 Å². The van der Waals surface area contributed by atoms with E-state index in [2.05, 4.69) is 22.8 Å². The Hall–Kier alpha value is -1.47. The van der Waals surface area contributed by atoms with Crippen LogP contribution in [0.4, 0.5) is 0 Å². The molecule has 3 rings (SSSR count). The first-order chi connectivity index (χ1) is 12.2. The van der Waals surface area contributed by atoms with Gasteiger partial charge in [-0.05, 0) is 24.8 Å². The van der Waals surface area contributed by atoms with Crippen LogP contribution in [0.5, 0.6) is 0 Å². The Morgan fingerprint density at radius 2 is 2.08 bits per heavy atom. The molecule has 2 heterocycles. The van der Waals surface area contributed by atoms with E-state index in [0.29, 0.717) is 32.7 Å². The van der Waals surface area contributed by atoms with Crippen LogP contribution in [0.1, 0.15) is 24.8 Å². The number of hydrogen-bond donors (Lipinski definition) is 3. The van der Waals surface area contributed by atoms with Crippen molar-refractivity contribution in [3.63, 3.8) is 0 Å². The normalized spacial score (nSPS) is 30.0. The third-order valence-corrected chi connectivity index (χ3v) is 4.82. The predicted octanol–water partition coefficient (Wildman–Crippen LogP) is 0.632. The molecule has 2 aliphatic rings. The maximum atomic E-state index is 12.2. The monoisotopic (exact) mass is 348 g/mol. The van der Waals surface area contributed by atoms with Crippen molar-refractivity contribution >= 4 is 5.91 Å². The van der Waals surface area contributed by atoms with Crippen LogP contribution in [0.2, 0.25) is 0 Å². The SMILES string of the molecule is O=C(C[C@H]1CC[C@H]2NC[C@@H](O)COC[C@@H]2O1)NCCc1ccccc1. The summed E-state index contributed by atoms with van der Waals surface area (Å²) in [5.41, 5.74) is 1.22. The van der Waals surface area contributed by atoms with Crippen LogP contribution in [0.15, 0.2) is 30.3 Å². The van der Waals surface area contributed by atoms with Crippen LogP contribution in [0.25, 0.3) is 0 Å². The maximum absolute atomic E-state index is 12.2. The summed E-state index contributed by atoms with van der Waals surface area (Å²) in [6, 6.07) is 10.3. The number of fused-ring (bicyclic) bond motifs is 1. The van der Waals surface area contributed by atoms with Crippen LogP contribution in [-0.2, 0) is 20.7 Å². The molecule has 1 amide bonds. The summed E-state index contributed by atoms with van der Waals surface area (Å²) in [6.07, 6.45) is 2.42. The van der Waals surface area contributed by atoms with E-state index in [-0.39, 0.29) is 24.2 Å². The number of benzene rings is 1. The Balaban J connectivity index is 1.39. The molecule has 1 aromatic rings. The Kier molecular flexibility index (Phi) is 6.81. The van der Waals surface area contributed by atoms with Crippen LogP contribution < -0.4 is 10.6 Å². The van der Waals surface area contributed by atoms with Crippen LogP contribution in [-0.4, -0.2) is 61.7 Å². The van der Waals surface area contributed by atoms with Crippen molar-refractivity contribution in [3.05, 3.63) is 35.9 Å². The summed E-state index contributed by atoms with van der Waals surface area (Å²) in [5.74, 6) is 0.0366. The van der Waals surface area contributed by atoms with Gasteiger partial charge in [0.1, 0.15) is 0 Å². The third kappa shape index (κ3) is 5.78. The average Bonchev–Trinajstić information content (AvgIpc) is 2.60. The van der Waals surface area contributed by atoms with Gasteiger partial charge >= 0.3 is 0 Å². The summed E-state index contributed by atoms with van der Waals surface area (Å²) in [5, 5.41) is 16.0. The number of carbonyl (C=O) groups excluding carboxylic acids is 1. The molecule has 0 bridgehead atoms. The van der Waals surface area contributed by atoms with Crippen molar-refractivity contribution < 1.29 is 19.4 Å². The van der Waals surface area contributed by atoms with Crippen LogP contribution in [0.3, 0.4) is 0 Å². The second-order valence-corrected chi connectivity index (χ2v) is 6.87. The second-order valence-electron chi connectivity index (χ2n) is 6.87. The van der Waals surface area contributed by atoms with Crippen molar-refractivity contribution in [3.8, 4) is 0 Å². The molecule has 0 saturated carbocycles. The van der Waals surface area contributed by atoms with Gasteiger partial charge in [-0.15, -0.1) is 0 Å². The summed E-state index contributed by atoms with van der Waals surface area (Å²) in [6.45, 7) is 1.95. The zero-order chi connectivity index (χ0) is 17.5. The van der Waals surface area contributed by atoms with Gasteiger partial charge in [0.25, 0.3) is 0 Å². The molecule has 0 unspecified atom stereocenters. The quantitative estimate of drug-likeness (QED) is 0.727. The fourth-order valence-electron chi connectivity index (χ4n) is 3.44. The lowest BCUT2D eigenvalue weighted by Gasteiger charge is -2.38.